The van der Waals surface area contributed by atoms with Crippen LogP contribution in [0.4, 0.5) is 10.1 Å². The Morgan fingerprint density at radius 1 is 1.21 bits per heavy atom. The monoisotopic (exact) mass is 462 g/mol. The van der Waals surface area contributed by atoms with E-state index in [1.165, 1.54) is 10.6 Å². The first-order chi connectivity index (χ1) is 16.3. The van der Waals surface area contributed by atoms with Gasteiger partial charge >= 0.3 is 0 Å². The van der Waals surface area contributed by atoms with Gasteiger partial charge < -0.3 is 19.5 Å². The highest BCUT2D eigenvalue weighted by Crippen LogP contribution is 2.15. The van der Waals surface area contributed by atoms with E-state index in [0.717, 1.165) is 5.56 Å². The lowest BCUT2D eigenvalue weighted by Crippen LogP contribution is -2.47. The highest BCUT2D eigenvalue weighted by molar-refractivity contribution is 6.01. The van der Waals surface area contributed by atoms with Crippen molar-refractivity contribution in [3.05, 3.63) is 92.0 Å². The van der Waals surface area contributed by atoms with Crippen LogP contribution in [-0.2, 0) is 16.2 Å². The third kappa shape index (κ3) is 4.54. The van der Waals surface area contributed by atoms with Gasteiger partial charge in [-0.15, -0.1) is 0 Å². The number of methoxy groups -OCH3 is 1. The van der Waals surface area contributed by atoms with Crippen LogP contribution in [0, 0.1) is 19.7 Å². The number of hydrogen-bond acceptors (Lipinski definition) is 6. The van der Waals surface area contributed by atoms with Crippen molar-refractivity contribution >= 4 is 29.9 Å². The fraction of sp³-hybridized carbons (Fsp3) is 0.160. The molecule has 0 unspecified atom stereocenters. The lowest BCUT2D eigenvalue weighted by Gasteiger charge is -2.11. The number of nitrogens with one attached hydrogen (secondary N) is 2. The Morgan fingerprint density at radius 3 is 2.62 bits per heavy atom. The number of benzene rings is 2. The summed E-state index contributed by atoms with van der Waals surface area (Å²) >= 11 is 0. The number of ether oxygens (including phenoxy) is 1. The minimum atomic E-state index is -0.480. The topological polar surface area (TPSA) is 94.0 Å². The minimum Gasteiger partial charge on any atom is -0.497 e. The average molecular weight is 462 g/mol. The number of rotatable bonds is 5. The number of aromatic nitrogens is 1. The highest BCUT2D eigenvalue weighted by Gasteiger charge is 2.18. The van der Waals surface area contributed by atoms with Crippen LogP contribution in [0.1, 0.15) is 16.8 Å². The Labute approximate surface area is 194 Å². The van der Waals surface area contributed by atoms with E-state index in [-0.39, 0.29) is 17.6 Å². The van der Waals surface area contributed by atoms with Gasteiger partial charge in [0.1, 0.15) is 23.3 Å². The summed E-state index contributed by atoms with van der Waals surface area (Å²) in [6.07, 6.45) is 0. The molecule has 0 saturated carbocycles. The Hall–Kier alpha value is -4.40. The molecule has 8 nitrogen and oxygen atoms in total. The van der Waals surface area contributed by atoms with Crippen molar-refractivity contribution in [2.24, 2.45) is 4.99 Å². The van der Waals surface area contributed by atoms with E-state index in [1.807, 2.05) is 0 Å². The first-order valence-electron chi connectivity index (χ1n) is 10.4. The van der Waals surface area contributed by atoms with Crippen LogP contribution in [-0.4, -0.2) is 23.4 Å². The van der Waals surface area contributed by atoms with Gasteiger partial charge in [-0.05, 0) is 67.1 Å². The SMILES string of the molecule is C=c1cc(C)n(CC(=O)Nc2ccc(C)c(F)c2)c(=O)c1=C1N=C(c2ccc(OC)cc2)NO1. The van der Waals surface area contributed by atoms with Crippen molar-refractivity contribution in [3.63, 3.8) is 0 Å². The minimum absolute atomic E-state index is 0.0515. The van der Waals surface area contributed by atoms with E-state index in [2.05, 4.69) is 22.4 Å². The van der Waals surface area contributed by atoms with Gasteiger partial charge in [0.15, 0.2) is 5.84 Å². The number of anilines is 1. The van der Waals surface area contributed by atoms with Crippen molar-refractivity contribution in [3.8, 4) is 5.75 Å². The number of carbonyl (C=O) groups excluding carboxylic acids is 1. The number of pyridine rings is 1. The predicted octanol–water partition coefficient (Wildman–Crippen LogP) is 1.71. The molecule has 9 heteroatoms. The first-order valence-corrected chi connectivity index (χ1v) is 10.4. The summed E-state index contributed by atoms with van der Waals surface area (Å²) in [7, 11) is 1.58. The number of aryl methyl sites for hydroxylation is 2. The Morgan fingerprint density at radius 2 is 1.94 bits per heavy atom. The van der Waals surface area contributed by atoms with Crippen LogP contribution >= 0.6 is 0 Å². The second-order valence-electron chi connectivity index (χ2n) is 7.79. The van der Waals surface area contributed by atoms with Gasteiger partial charge in [-0.25, -0.2) is 9.87 Å². The standard InChI is InChI=1S/C25H23FN4O4/c1-14-5-8-18(12-20(14)26)27-21(31)13-30-16(3)11-15(2)22(25(30)32)24-28-23(29-34-24)17-6-9-19(33-4)10-7-17/h5-12H,2,13H2,1,3-4H3,(H,27,31)(H,28,29). The summed E-state index contributed by atoms with van der Waals surface area (Å²) in [5, 5.41) is 3.16. The quantitative estimate of drug-likeness (QED) is 0.602. The third-order valence-corrected chi connectivity index (χ3v) is 5.38. The normalized spacial score (nSPS) is 14.2. The highest BCUT2D eigenvalue weighted by atomic mass is 19.1. The van der Waals surface area contributed by atoms with Crippen LogP contribution in [0.5, 0.6) is 5.75 Å². The lowest BCUT2D eigenvalue weighted by atomic mass is 10.2. The zero-order valence-electron chi connectivity index (χ0n) is 18.9. The average Bonchev–Trinajstić information content (AvgIpc) is 3.28. The molecule has 0 fully saturated rings. The maximum Gasteiger partial charge on any atom is 0.264 e. The lowest BCUT2D eigenvalue weighted by molar-refractivity contribution is -0.116. The maximum absolute atomic E-state index is 13.8. The molecule has 1 aliphatic heterocycles. The van der Waals surface area contributed by atoms with E-state index in [4.69, 9.17) is 9.57 Å². The summed E-state index contributed by atoms with van der Waals surface area (Å²) < 4.78 is 20.2. The summed E-state index contributed by atoms with van der Waals surface area (Å²) in [4.78, 5) is 35.8. The van der Waals surface area contributed by atoms with Gasteiger partial charge in [-0.1, -0.05) is 12.6 Å². The number of halogens is 1. The van der Waals surface area contributed by atoms with E-state index < -0.39 is 17.3 Å². The van der Waals surface area contributed by atoms with Crippen molar-refractivity contribution < 1.29 is 18.8 Å². The van der Waals surface area contributed by atoms with E-state index >= 15 is 0 Å². The van der Waals surface area contributed by atoms with E-state index in [0.29, 0.717) is 33.7 Å². The van der Waals surface area contributed by atoms with Crippen LogP contribution < -0.4 is 31.5 Å². The number of hydroxylamine groups is 1. The summed E-state index contributed by atoms with van der Waals surface area (Å²) in [5.41, 5.74) is 4.28. The molecular weight excluding hydrogens is 439 g/mol. The molecule has 1 aliphatic rings. The summed E-state index contributed by atoms with van der Waals surface area (Å²) in [6, 6.07) is 13.2. The molecular formula is C25H23FN4O4. The summed E-state index contributed by atoms with van der Waals surface area (Å²) in [6.45, 7) is 7.00. The van der Waals surface area contributed by atoms with E-state index in [9.17, 15) is 14.0 Å². The Bertz CT molecular complexity index is 1480. The molecule has 2 heterocycles. The van der Waals surface area contributed by atoms with Gasteiger partial charge in [-0.3, -0.25) is 9.59 Å². The molecule has 34 heavy (non-hydrogen) atoms. The number of hydrogen-bond donors (Lipinski definition) is 2. The molecule has 0 saturated heterocycles. The number of amides is 1. The molecule has 2 aromatic carbocycles. The van der Waals surface area contributed by atoms with Crippen molar-refractivity contribution in [2.45, 2.75) is 20.4 Å². The Kier molecular flexibility index (Phi) is 6.18. The first kappa shape index (κ1) is 22.8. The largest absolute Gasteiger partial charge is 0.497 e. The zero-order valence-corrected chi connectivity index (χ0v) is 18.9. The Balaban J connectivity index is 1.67. The van der Waals surface area contributed by atoms with Crippen LogP contribution in [0.3, 0.4) is 0 Å². The van der Waals surface area contributed by atoms with Crippen molar-refractivity contribution in [1.29, 1.82) is 0 Å². The number of nitrogens with zero attached hydrogens (tertiary/aromatic N) is 2. The molecule has 3 aromatic rings. The molecule has 2 N–H and O–H groups in total. The maximum atomic E-state index is 13.8. The van der Waals surface area contributed by atoms with Crippen LogP contribution in [0.2, 0.25) is 0 Å². The van der Waals surface area contributed by atoms with Crippen LogP contribution in [0.25, 0.3) is 12.5 Å². The zero-order chi connectivity index (χ0) is 24.4. The predicted molar refractivity (Wildman–Crippen MR) is 127 cm³/mol. The molecule has 1 aromatic heterocycles. The van der Waals surface area contributed by atoms with Gasteiger partial charge in [0.2, 0.25) is 5.91 Å². The summed E-state index contributed by atoms with van der Waals surface area (Å²) in [5.74, 6) is 0.260. The fourth-order valence-electron chi connectivity index (χ4n) is 3.50. The molecule has 0 bridgehead atoms. The van der Waals surface area contributed by atoms with Gasteiger partial charge in [0, 0.05) is 16.9 Å². The second kappa shape index (κ2) is 9.22. The third-order valence-electron chi connectivity index (χ3n) is 5.38. The fourth-order valence-corrected chi connectivity index (χ4v) is 3.50. The molecule has 0 atom stereocenters. The van der Waals surface area contributed by atoms with E-state index in [1.54, 1.807) is 63.4 Å². The molecule has 174 valence electrons. The van der Waals surface area contributed by atoms with Crippen LogP contribution in [0.15, 0.2) is 58.3 Å². The number of amidine groups is 1. The van der Waals surface area contributed by atoms with Crippen molar-refractivity contribution in [2.75, 3.05) is 12.4 Å². The number of carbonyl (C=O) groups is 1. The second-order valence-corrected chi connectivity index (χ2v) is 7.79. The molecule has 0 radical (unpaired) electrons. The van der Waals surface area contributed by atoms with Crippen molar-refractivity contribution in [1.82, 2.24) is 10.0 Å². The van der Waals surface area contributed by atoms with Gasteiger partial charge in [0.05, 0.1) is 7.11 Å². The molecule has 0 aliphatic carbocycles. The number of aliphatic imine (C=N–C) groups is 1. The smallest absolute Gasteiger partial charge is 0.264 e. The molecule has 4 rings (SSSR count). The molecule has 0 spiro atoms. The molecule has 1 amide bonds. The van der Waals surface area contributed by atoms with Gasteiger partial charge in [0.25, 0.3) is 11.4 Å². The van der Waals surface area contributed by atoms with Gasteiger partial charge in [-0.2, -0.15) is 4.99 Å².